The summed E-state index contributed by atoms with van der Waals surface area (Å²) in [6.45, 7) is 1.93. The van der Waals surface area contributed by atoms with E-state index in [0.717, 1.165) is 18.6 Å². The molecule has 0 saturated carbocycles. The molecule has 5 heteroatoms. The Labute approximate surface area is 91.7 Å². The minimum atomic E-state index is -4.32. The average Bonchev–Trinajstić information content (AvgIpc) is 2.24. The van der Waals surface area contributed by atoms with Crippen molar-refractivity contribution < 1.29 is 18.0 Å². The molecule has 0 radical (unpaired) electrons. The predicted molar refractivity (Wildman–Crippen MR) is 55.0 cm³/mol. The van der Waals surface area contributed by atoms with Gasteiger partial charge in [-0.15, -0.1) is 0 Å². The number of oxime groups is 1. The van der Waals surface area contributed by atoms with E-state index in [9.17, 15) is 13.2 Å². The van der Waals surface area contributed by atoms with Crippen LogP contribution in [0, 0.1) is 0 Å². The molecule has 16 heavy (non-hydrogen) atoms. The lowest BCUT2D eigenvalue weighted by Gasteiger charge is -2.07. The first-order chi connectivity index (χ1) is 7.54. The second-order valence-electron chi connectivity index (χ2n) is 3.17. The van der Waals surface area contributed by atoms with Crippen molar-refractivity contribution in [3.8, 4) is 0 Å². The van der Waals surface area contributed by atoms with E-state index < -0.39 is 11.7 Å². The molecule has 0 heterocycles. The van der Waals surface area contributed by atoms with Crippen molar-refractivity contribution >= 4 is 6.21 Å². The highest BCUT2D eigenvalue weighted by Crippen LogP contribution is 2.29. The van der Waals surface area contributed by atoms with Gasteiger partial charge in [0.15, 0.2) is 0 Å². The quantitative estimate of drug-likeness (QED) is 0.573. The van der Waals surface area contributed by atoms with Crippen LogP contribution in [0.1, 0.15) is 24.5 Å². The highest BCUT2D eigenvalue weighted by molar-refractivity contribution is 5.55. The number of hydrogen-bond acceptors (Lipinski definition) is 2. The Bertz CT molecular complexity index is 360. The minimum Gasteiger partial charge on any atom is -0.391 e. The maximum Gasteiger partial charge on any atom is 0.416 e. The molecule has 0 aliphatic heterocycles. The van der Waals surface area contributed by atoms with E-state index in [-0.39, 0.29) is 6.61 Å². The molecule has 1 rings (SSSR count). The van der Waals surface area contributed by atoms with Crippen LogP contribution in [-0.2, 0) is 17.6 Å². The second-order valence-corrected chi connectivity index (χ2v) is 3.17. The fraction of sp³-hybridized carbons (Fsp3) is 0.364. The number of nitrogens with zero attached hydrogens (tertiary/aromatic N) is 1. The summed E-state index contributed by atoms with van der Waals surface area (Å²) in [4.78, 5) is 4.83. The van der Waals surface area contributed by atoms with Gasteiger partial charge >= 0.3 is 6.18 Å². The van der Waals surface area contributed by atoms with Crippen molar-refractivity contribution in [2.45, 2.75) is 26.1 Å². The zero-order valence-electron chi connectivity index (χ0n) is 8.79. The van der Waals surface area contributed by atoms with Gasteiger partial charge in [0.2, 0.25) is 0 Å². The molecule has 0 amide bonds. The van der Waals surface area contributed by atoms with Crippen molar-refractivity contribution in [2.75, 3.05) is 0 Å². The summed E-state index contributed by atoms with van der Waals surface area (Å²) in [7, 11) is 0. The van der Waals surface area contributed by atoms with Crippen molar-refractivity contribution in [3.05, 3.63) is 35.4 Å². The smallest absolute Gasteiger partial charge is 0.391 e. The Kier molecular flexibility index (Phi) is 4.34. The van der Waals surface area contributed by atoms with Crippen LogP contribution in [0.2, 0.25) is 0 Å². The van der Waals surface area contributed by atoms with Crippen LogP contribution in [0.25, 0.3) is 0 Å². The van der Waals surface area contributed by atoms with E-state index >= 15 is 0 Å². The van der Waals surface area contributed by atoms with Gasteiger partial charge in [-0.25, -0.2) is 0 Å². The number of alkyl halides is 3. The molecule has 2 nitrogen and oxygen atoms in total. The summed E-state index contributed by atoms with van der Waals surface area (Å²) in [5.41, 5.74) is -0.226. The summed E-state index contributed by atoms with van der Waals surface area (Å²) < 4.78 is 37.0. The van der Waals surface area contributed by atoms with Gasteiger partial charge < -0.3 is 4.84 Å². The van der Waals surface area contributed by atoms with Gasteiger partial charge in [-0.3, -0.25) is 0 Å². The van der Waals surface area contributed by atoms with Gasteiger partial charge in [0, 0.05) is 6.21 Å². The molecular formula is C11H12F3NO. The standard InChI is InChI=1S/C11H12F3NO/c1-2-6-15-16-8-9-4-3-5-10(7-9)11(12,13)14/h3-7H,2,8H2,1H3. The van der Waals surface area contributed by atoms with Crippen LogP contribution in [0.5, 0.6) is 0 Å². The molecule has 0 unspecified atom stereocenters. The second kappa shape index (κ2) is 5.53. The third-order valence-corrected chi connectivity index (χ3v) is 1.82. The lowest BCUT2D eigenvalue weighted by molar-refractivity contribution is -0.137. The molecule has 0 aliphatic rings. The first kappa shape index (κ1) is 12.5. The van der Waals surface area contributed by atoms with Crippen molar-refractivity contribution in [2.24, 2.45) is 5.16 Å². The molecule has 0 fully saturated rings. The van der Waals surface area contributed by atoms with E-state index in [4.69, 9.17) is 4.84 Å². The lowest BCUT2D eigenvalue weighted by Crippen LogP contribution is -2.05. The molecule has 0 spiro atoms. The molecule has 0 N–H and O–H groups in total. The fourth-order valence-corrected chi connectivity index (χ4v) is 1.08. The summed E-state index contributed by atoms with van der Waals surface area (Å²) in [6, 6.07) is 5.00. The topological polar surface area (TPSA) is 21.6 Å². The van der Waals surface area contributed by atoms with Crippen LogP contribution in [-0.4, -0.2) is 6.21 Å². The van der Waals surface area contributed by atoms with Crippen LogP contribution in [0.15, 0.2) is 29.4 Å². The molecule has 88 valence electrons. The number of benzene rings is 1. The van der Waals surface area contributed by atoms with E-state index in [1.807, 2.05) is 6.92 Å². The van der Waals surface area contributed by atoms with E-state index in [1.54, 1.807) is 12.3 Å². The predicted octanol–water partition coefficient (Wildman–Crippen LogP) is 3.62. The van der Waals surface area contributed by atoms with Crippen molar-refractivity contribution in [1.82, 2.24) is 0 Å². The third-order valence-electron chi connectivity index (χ3n) is 1.82. The maximum atomic E-state index is 12.3. The van der Waals surface area contributed by atoms with E-state index in [0.29, 0.717) is 5.56 Å². The SMILES string of the molecule is CCC=NOCc1cccc(C(F)(F)F)c1. The van der Waals surface area contributed by atoms with Crippen LogP contribution < -0.4 is 0 Å². The first-order valence-electron chi connectivity index (χ1n) is 4.84. The largest absolute Gasteiger partial charge is 0.416 e. The summed E-state index contributed by atoms with van der Waals surface area (Å²) in [5.74, 6) is 0. The monoisotopic (exact) mass is 231 g/mol. The maximum absolute atomic E-state index is 12.3. The zero-order chi connectivity index (χ0) is 12.0. The third kappa shape index (κ3) is 3.92. The zero-order valence-corrected chi connectivity index (χ0v) is 8.79. The van der Waals surface area contributed by atoms with E-state index in [1.165, 1.54) is 6.07 Å². The summed E-state index contributed by atoms with van der Waals surface area (Å²) >= 11 is 0. The van der Waals surface area contributed by atoms with Gasteiger partial charge in [-0.1, -0.05) is 24.2 Å². The van der Waals surface area contributed by atoms with Gasteiger partial charge in [0.1, 0.15) is 6.61 Å². The molecule has 1 aromatic rings. The highest BCUT2D eigenvalue weighted by Gasteiger charge is 2.30. The molecule has 0 aromatic heterocycles. The van der Waals surface area contributed by atoms with Crippen molar-refractivity contribution in [3.63, 3.8) is 0 Å². The Hall–Kier alpha value is -1.52. The van der Waals surface area contributed by atoms with Gasteiger partial charge in [0.25, 0.3) is 0 Å². The fourth-order valence-electron chi connectivity index (χ4n) is 1.08. The highest BCUT2D eigenvalue weighted by atomic mass is 19.4. The van der Waals surface area contributed by atoms with Gasteiger partial charge in [-0.05, 0) is 24.1 Å². The van der Waals surface area contributed by atoms with Crippen LogP contribution >= 0.6 is 0 Å². The minimum absolute atomic E-state index is 0.0421. The lowest BCUT2D eigenvalue weighted by atomic mass is 10.1. The molecule has 1 aromatic carbocycles. The molecular weight excluding hydrogens is 219 g/mol. The Morgan fingerprint density at radius 2 is 2.12 bits per heavy atom. The van der Waals surface area contributed by atoms with Gasteiger partial charge in [0.05, 0.1) is 5.56 Å². The summed E-state index contributed by atoms with van der Waals surface area (Å²) in [5, 5.41) is 3.57. The van der Waals surface area contributed by atoms with Crippen molar-refractivity contribution in [1.29, 1.82) is 0 Å². The van der Waals surface area contributed by atoms with Crippen LogP contribution in [0.3, 0.4) is 0 Å². The average molecular weight is 231 g/mol. The number of hydrogen-bond donors (Lipinski definition) is 0. The Balaban J connectivity index is 2.65. The molecule has 0 saturated heterocycles. The molecule has 0 bridgehead atoms. The molecule has 0 aliphatic carbocycles. The number of halogens is 3. The Morgan fingerprint density at radius 3 is 2.75 bits per heavy atom. The van der Waals surface area contributed by atoms with Gasteiger partial charge in [-0.2, -0.15) is 13.2 Å². The first-order valence-corrected chi connectivity index (χ1v) is 4.84. The molecule has 0 atom stereocenters. The van der Waals surface area contributed by atoms with E-state index in [2.05, 4.69) is 5.16 Å². The normalized spacial score (nSPS) is 12.0. The Morgan fingerprint density at radius 1 is 1.38 bits per heavy atom. The number of rotatable bonds is 4. The van der Waals surface area contributed by atoms with Crippen LogP contribution in [0.4, 0.5) is 13.2 Å². The summed E-state index contributed by atoms with van der Waals surface area (Å²) in [6.07, 6.45) is -2.04.